The summed E-state index contributed by atoms with van der Waals surface area (Å²) in [4.78, 5) is 2.36. The van der Waals surface area contributed by atoms with E-state index in [1.165, 1.54) is 16.8 Å². The first-order valence-electron chi connectivity index (χ1n) is 6.88. The summed E-state index contributed by atoms with van der Waals surface area (Å²) in [6.07, 6.45) is 2.16. The molecule has 0 unspecified atom stereocenters. The van der Waals surface area contributed by atoms with Crippen LogP contribution in [0.3, 0.4) is 0 Å². The van der Waals surface area contributed by atoms with Crippen molar-refractivity contribution in [2.24, 2.45) is 0 Å². The van der Waals surface area contributed by atoms with Crippen molar-refractivity contribution in [2.75, 3.05) is 30.5 Å². The van der Waals surface area contributed by atoms with Crippen molar-refractivity contribution in [1.29, 1.82) is 0 Å². The van der Waals surface area contributed by atoms with Crippen molar-refractivity contribution in [3.63, 3.8) is 0 Å². The lowest BCUT2D eigenvalue weighted by molar-refractivity contribution is 0.424. The van der Waals surface area contributed by atoms with Gasteiger partial charge in [0.2, 0.25) is 0 Å². The van der Waals surface area contributed by atoms with E-state index in [4.69, 9.17) is 0 Å². The molecule has 1 aromatic carbocycles. The van der Waals surface area contributed by atoms with Crippen molar-refractivity contribution in [3.8, 4) is 0 Å². The molecule has 0 spiro atoms. The zero-order chi connectivity index (χ0) is 14.5. The average Bonchev–Trinajstić information content (AvgIpc) is 2.32. The molecule has 0 amide bonds. The van der Waals surface area contributed by atoms with Crippen molar-refractivity contribution < 1.29 is 0 Å². The van der Waals surface area contributed by atoms with E-state index in [0.717, 1.165) is 18.8 Å². The molecule has 0 aliphatic rings. The van der Waals surface area contributed by atoms with Gasteiger partial charge in [0.15, 0.2) is 0 Å². The second-order valence-corrected chi connectivity index (χ2v) is 7.14. The van der Waals surface area contributed by atoms with Gasteiger partial charge in [-0.15, -0.1) is 0 Å². The first-order valence-corrected chi connectivity index (χ1v) is 8.27. The minimum absolute atomic E-state index is 0.152. The summed E-state index contributed by atoms with van der Waals surface area (Å²) in [6, 6.07) is 6.74. The van der Waals surface area contributed by atoms with Crippen molar-refractivity contribution >= 4 is 17.4 Å². The minimum Gasteiger partial charge on any atom is -0.374 e. The summed E-state index contributed by atoms with van der Waals surface area (Å²) < 4.78 is 0. The summed E-state index contributed by atoms with van der Waals surface area (Å²) in [5, 5.41) is 3.58. The molecule has 1 rings (SSSR count). The van der Waals surface area contributed by atoms with Crippen LogP contribution in [0.1, 0.15) is 31.9 Å². The highest BCUT2D eigenvalue weighted by Gasteiger charge is 2.12. The second kappa shape index (κ2) is 7.20. The molecule has 0 saturated carbocycles. The Balaban J connectivity index is 2.85. The summed E-state index contributed by atoms with van der Waals surface area (Å²) >= 11 is 1.89. The van der Waals surface area contributed by atoms with Crippen LogP contribution in [0.4, 0.5) is 5.69 Å². The Hall–Kier alpha value is -0.670. The zero-order valence-corrected chi connectivity index (χ0v) is 14.0. The zero-order valence-electron chi connectivity index (χ0n) is 13.2. The van der Waals surface area contributed by atoms with Crippen LogP contribution in [0.2, 0.25) is 0 Å². The molecule has 0 aliphatic heterocycles. The highest BCUT2D eigenvalue weighted by atomic mass is 32.2. The molecule has 0 fully saturated rings. The number of hydrogen-bond acceptors (Lipinski definition) is 3. The number of nitrogens with zero attached hydrogens (tertiary/aromatic N) is 1. The van der Waals surface area contributed by atoms with Gasteiger partial charge in [0.25, 0.3) is 0 Å². The molecule has 19 heavy (non-hydrogen) atoms. The SMILES string of the molecule is CSCCN(C)c1ccc(C)cc1CNC(C)(C)C. The molecule has 108 valence electrons. The third-order valence-electron chi connectivity index (χ3n) is 3.09. The number of rotatable bonds is 6. The largest absolute Gasteiger partial charge is 0.374 e. The topological polar surface area (TPSA) is 15.3 Å². The third-order valence-corrected chi connectivity index (χ3v) is 3.68. The van der Waals surface area contributed by atoms with Crippen LogP contribution < -0.4 is 10.2 Å². The predicted molar refractivity (Wildman–Crippen MR) is 89.4 cm³/mol. The molecule has 2 nitrogen and oxygen atoms in total. The lowest BCUT2D eigenvalue weighted by Gasteiger charge is -2.26. The fourth-order valence-electron chi connectivity index (χ4n) is 1.94. The fraction of sp³-hybridized carbons (Fsp3) is 0.625. The third kappa shape index (κ3) is 5.87. The molecule has 0 radical (unpaired) electrons. The molecule has 1 aromatic rings. The molecular formula is C16H28N2S. The molecule has 0 aromatic heterocycles. The van der Waals surface area contributed by atoms with E-state index in [0.29, 0.717) is 0 Å². The molecule has 0 aliphatic carbocycles. The number of benzene rings is 1. The van der Waals surface area contributed by atoms with E-state index in [1.54, 1.807) is 0 Å². The number of thioether (sulfide) groups is 1. The number of aryl methyl sites for hydroxylation is 1. The van der Waals surface area contributed by atoms with Gasteiger partial charge in [0, 0.05) is 37.1 Å². The second-order valence-electron chi connectivity index (χ2n) is 6.15. The molecule has 0 heterocycles. The summed E-state index contributed by atoms with van der Waals surface area (Å²) in [5.41, 5.74) is 4.21. The molecule has 3 heteroatoms. The Bertz CT molecular complexity index is 396. The maximum Gasteiger partial charge on any atom is 0.0409 e. The monoisotopic (exact) mass is 280 g/mol. The van der Waals surface area contributed by atoms with E-state index in [1.807, 2.05) is 11.8 Å². The van der Waals surface area contributed by atoms with Crippen molar-refractivity contribution in [3.05, 3.63) is 29.3 Å². The van der Waals surface area contributed by atoms with Crippen molar-refractivity contribution in [2.45, 2.75) is 39.8 Å². The van der Waals surface area contributed by atoms with Gasteiger partial charge in [-0.1, -0.05) is 17.7 Å². The Morgan fingerprint density at radius 1 is 1.26 bits per heavy atom. The molecule has 0 atom stereocenters. The van der Waals surface area contributed by atoms with Gasteiger partial charge in [0.05, 0.1) is 0 Å². The van der Waals surface area contributed by atoms with E-state index in [9.17, 15) is 0 Å². The van der Waals surface area contributed by atoms with Gasteiger partial charge in [-0.05, 0) is 45.6 Å². The van der Waals surface area contributed by atoms with Crippen LogP contribution in [-0.4, -0.2) is 31.1 Å². The minimum atomic E-state index is 0.152. The van der Waals surface area contributed by atoms with Crippen molar-refractivity contribution in [1.82, 2.24) is 5.32 Å². The standard InChI is InChI=1S/C16H28N2S/c1-13-7-8-15(18(5)9-10-19-6)14(11-13)12-17-16(2,3)4/h7-8,11,17H,9-10,12H2,1-6H3. The quantitative estimate of drug-likeness (QED) is 0.855. The number of nitrogens with one attached hydrogen (secondary N) is 1. The highest BCUT2D eigenvalue weighted by Crippen LogP contribution is 2.22. The van der Waals surface area contributed by atoms with Crippen LogP contribution in [-0.2, 0) is 6.54 Å². The van der Waals surface area contributed by atoms with E-state index in [2.05, 4.69) is 69.4 Å². The van der Waals surface area contributed by atoms with Gasteiger partial charge in [-0.2, -0.15) is 11.8 Å². The number of anilines is 1. The van der Waals surface area contributed by atoms with Crippen LogP contribution >= 0.6 is 11.8 Å². The maximum atomic E-state index is 3.58. The maximum absolute atomic E-state index is 3.58. The molecule has 1 N–H and O–H groups in total. The normalized spacial score (nSPS) is 11.7. The first-order chi connectivity index (χ1) is 8.83. The van der Waals surface area contributed by atoms with Crippen LogP contribution in [0.15, 0.2) is 18.2 Å². The highest BCUT2D eigenvalue weighted by molar-refractivity contribution is 7.98. The van der Waals surface area contributed by atoms with Crippen LogP contribution in [0.25, 0.3) is 0 Å². The number of hydrogen-bond donors (Lipinski definition) is 1. The Kier molecular flexibility index (Phi) is 6.21. The lowest BCUT2D eigenvalue weighted by Crippen LogP contribution is -2.35. The summed E-state index contributed by atoms with van der Waals surface area (Å²) in [5.74, 6) is 1.16. The summed E-state index contributed by atoms with van der Waals surface area (Å²) in [6.45, 7) is 10.8. The predicted octanol–water partition coefficient (Wildman–Crippen LogP) is 3.68. The summed E-state index contributed by atoms with van der Waals surface area (Å²) in [7, 11) is 2.18. The van der Waals surface area contributed by atoms with E-state index in [-0.39, 0.29) is 5.54 Å². The van der Waals surface area contributed by atoms with Gasteiger partial charge in [-0.3, -0.25) is 0 Å². The fourth-order valence-corrected chi connectivity index (χ4v) is 2.39. The van der Waals surface area contributed by atoms with Gasteiger partial charge in [0.1, 0.15) is 0 Å². The van der Waals surface area contributed by atoms with Gasteiger partial charge < -0.3 is 10.2 Å². The average molecular weight is 280 g/mol. The van der Waals surface area contributed by atoms with Gasteiger partial charge >= 0.3 is 0 Å². The van der Waals surface area contributed by atoms with Crippen LogP contribution in [0, 0.1) is 6.92 Å². The first kappa shape index (κ1) is 16.4. The Morgan fingerprint density at radius 3 is 2.53 bits per heavy atom. The molecule has 0 bridgehead atoms. The lowest BCUT2D eigenvalue weighted by atomic mass is 10.1. The molecule has 0 saturated heterocycles. The molecular weight excluding hydrogens is 252 g/mol. The smallest absolute Gasteiger partial charge is 0.0409 e. The Morgan fingerprint density at radius 2 is 1.95 bits per heavy atom. The van der Waals surface area contributed by atoms with E-state index < -0.39 is 0 Å². The van der Waals surface area contributed by atoms with Crippen LogP contribution in [0.5, 0.6) is 0 Å². The van der Waals surface area contributed by atoms with Gasteiger partial charge in [-0.25, -0.2) is 0 Å². The Labute approximate surface area is 123 Å². The van der Waals surface area contributed by atoms with E-state index >= 15 is 0 Å².